The molecule has 2 atom stereocenters. The van der Waals surface area contributed by atoms with Crippen LogP contribution in [0.15, 0.2) is 91.0 Å². The number of imide groups is 1. The number of amides is 2. The Morgan fingerprint density at radius 2 is 1.39 bits per heavy atom. The zero-order chi connectivity index (χ0) is 27.2. The standard InChI is InChI=1S/C31H28NO5P/c1-20-13-15-23(16-14-20)31(4,24-17-18-27(28(35)19-24)32(21(2)33)22(3)34)38(36)30-12-8-6-10-26(30)25-9-5-7-11-29(25)37-38/h5-19,35H,1-4H3. The summed E-state index contributed by atoms with van der Waals surface area (Å²) in [6, 6.07) is 27.5. The molecule has 38 heavy (non-hydrogen) atoms. The van der Waals surface area contributed by atoms with Crippen LogP contribution >= 0.6 is 7.37 Å². The van der Waals surface area contributed by atoms with E-state index >= 15 is 4.57 Å². The highest BCUT2D eigenvalue weighted by Crippen LogP contribution is 2.69. The largest absolute Gasteiger partial charge is 0.506 e. The molecule has 7 heteroatoms. The normalized spacial score (nSPS) is 17.4. The Labute approximate surface area is 222 Å². The number of phenolic OH excluding ortho intramolecular Hbond substituents is 1. The van der Waals surface area contributed by atoms with E-state index in [0.717, 1.165) is 27.2 Å². The minimum absolute atomic E-state index is 0.0635. The highest BCUT2D eigenvalue weighted by Gasteiger charge is 2.54. The lowest BCUT2D eigenvalue weighted by molar-refractivity contribution is -0.124. The van der Waals surface area contributed by atoms with Gasteiger partial charge >= 0.3 is 0 Å². The van der Waals surface area contributed by atoms with Crippen molar-refractivity contribution in [1.82, 2.24) is 0 Å². The lowest BCUT2D eigenvalue weighted by Gasteiger charge is -2.41. The van der Waals surface area contributed by atoms with Crippen LogP contribution in [0.3, 0.4) is 0 Å². The molecule has 2 unspecified atom stereocenters. The lowest BCUT2D eigenvalue weighted by Crippen LogP contribution is -2.35. The predicted molar refractivity (Wildman–Crippen MR) is 149 cm³/mol. The Hall–Kier alpha value is -4.15. The van der Waals surface area contributed by atoms with Crippen LogP contribution in [0.5, 0.6) is 11.5 Å². The van der Waals surface area contributed by atoms with Crippen LogP contribution in [0.4, 0.5) is 5.69 Å². The lowest BCUT2D eigenvalue weighted by atomic mass is 9.91. The quantitative estimate of drug-likeness (QED) is 0.307. The number of nitrogens with zero attached hydrogens (tertiary/aromatic N) is 1. The number of hydrogen-bond donors (Lipinski definition) is 1. The van der Waals surface area contributed by atoms with E-state index in [4.69, 9.17) is 4.52 Å². The van der Waals surface area contributed by atoms with Gasteiger partial charge in [-0.3, -0.25) is 14.2 Å². The van der Waals surface area contributed by atoms with Crippen LogP contribution in [0.1, 0.15) is 37.5 Å². The summed E-state index contributed by atoms with van der Waals surface area (Å²) in [4.78, 5) is 25.2. The summed E-state index contributed by atoms with van der Waals surface area (Å²) in [6.07, 6.45) is 0. The van der Waals surface area contributed by atoms with Crippen molar-refractivity contribution in [1.29, 1.82) is 0 Å². The molecule has 192 valence electrons. The highest BCUT2D eigenvalue weighted by atomic mass is 31.2. The van der Waals surface area contributed by atoms with Crippen molar-refractivity contribution < 1.29 is 23.8 Å². The molecular formula is C31H28NO5P. The molecule has 5 rings (SSSR count). The average molecular weight is 526 g/mol. The zero-order valence-electron chi connectivity index (χ0n) is 21.6. The van der Waals surface area contributed by atoms with E-state index in [1.807, 2.05) is 86.6 Å². The Balaban J connectivity index is 1.79. The summed E-state index contributed by atoms with van der Waals surface area (Å²) in [5.74, 6) is -0.789. The van der Waals surface area contributed by atoms with Gasteiger partial charge < -0.3 is 9.63 Å². The number of rotatable bonds is 4. The maximum absolute atomic E-state index is 15.5. The molecule has 0 saturated heterocycles. The first kappa shape index (κ1) is 25.5. The van der Waals surface area contributed by atoms with Crippen molar-refractivity contribution in [3.05, 3.63) is 108 Å². The van der Waals surface area contributed by atoms with Crippen molar-refractivity contribution in [3.63, 3.8) is 0 Å². The van der Waals surface area contributed by atoms with Crippen molar-refractivity contribution >= 4 is 30.2 Å². The fourth-order valence-corrected chi connectivity index (χ4v) is 8.17. The fourth-order valence-electron chi connectivity index (χ4n) is 5.21. The summed E-state index contributed by atoms with van der Waals surface area (Å²) in [7, 11) is -3.77. The van der Waals surface area contributed by atoms with E-state index in [0.29, 0.717) is 16.6 Å². The number of aryl methyl sites for hydroxylation is 1. The van der Waals surface area contributed by atoms with Gasteiger partial charge in [0.25, 0.3) is 7.37 Å². The third-order valence-corrected chi connectivity index (χ3v) is 10.4. The molecule has 0 bridgehead atoms. The molecule has 0 radical (unpaired) electrons. The van der Waals surface area contributed by atoms with E-state index in [9.17, 15) is 14.7 Å². The van der Waals surface area contributed by atoms with E-state index in [2.05, 4.69) is 0 Å². The van der Waals surface area contributed by atoms with E-state index < -0.39 is 24.3 Å². The Kier molecular flexibility index (Phi) is 6.24. The number of fused-ring (bicyclic) bond motifs is 3. The predicted octanol–water partition coefficient (Wildman–Crippen LogP) is 6.53. The fraction of sp³-hybridized carbons (Fsp3) is 0.161. The van der Waals surface area contributed by atoms with Gasteiger partial charge in [-0.2, -0.15) is 0 Å². The van der Waals surface area contributed by atoms with Crippen molar-refractivity contribution in [3.8, 4) is 22.6 Å². The molecule has 4 aromatic carbocycles. The first-order valence-electron chi connectivity index (χ1n) is 12.3. The van der Waals surface area contributed by atoms with Crippen LogP contribution in [-0.4, -0.2) is 16.9 Å². The van der Waals surface area contributed by atoms with Crippen molar-refractivity contribution in [2.45, 2.75) is 32.9 Å². The minimum Gasteiger partial charge on any atom is -0.506 e. The molecule has 0 saturated carbocycles. The van der Waals surface area contributed by atoms with Crippen LogP contribution in [0, 0.1) is 6.92 Å². The number of benzene rings is 4. The molecule has 0 aromatic heterocycles. The molecule has 1 heterocycles. The van der Waals surface area contributed by atoms with Crippen LogP contribution in [0.25, 0.3) is 11.1 Å². The third kappa shape index (κ3) is 3.84. The first-order valence-corrected chi connectivity index (χ1v) is 13.9. The van der Waals surface area contributed by atoms with Gasteiger partial charge in [0.05, 0.1) is 11.0 Å². The molecule has 4 aromatic rings. The Morgan fingerprint density at radius 1 is 0.816 bits per heavy atom. The van der Waals surface area contributed by atoms with Gasteiger partial charge in [-0.05, 0) is 54.8 Å². The first-order chi connectivity index (χ1) is 18.1. The van der Waals surface area contributed by atoms with Crippen LogP contribution in [-0.2, 0) is 19.3 Å². The second-order valence-corrected chi connectivity index (χ2v) is 12.3. The summed E-state index contributed by atoms with van der Waals surface area (Å²) in [5.41, 5.74) is 4.05. The average Bonchev–Trinajstić information content (AvgIpc) is 2.89. The van der Waals surface area contributed by atoms with Crippen LogP contribution in [0.2, 0.25) is 0 Å². The molecule has 0 aliphatic carbocycles. The Morgan fingerprint density at radius 3 is 2.03 bits per heavy atom. The summed E-state index contributed by atoms with van der Waals surface area (Å²) in [6.45, 7) is 6.34. The van der Waals surface area contributed by atoms with Gasteiger partial charge in [0.2, 0.25) is 11.8 Å². The smallest absolute Gasteiger partial charge is 0.292 e. The van der Waals surface area contributed by atoms with Gasteiger partial charge in [0.15, 0.2) is 0 Å². The van der Waals surface area contributed by atoms with Crippen molar-refractivity contribution in [2.75, 3.05) is 4.90 Å². The van der Waals surface area contributed by atoms with Gasteiger partial charge in [-0.25, -0.2) is 4.90 Å². The SMILES string of the molecule is CC(=O)N(C(C)=O)c1ccc(C(C)(c2ccc(C)cc2)P2(=O)Oc3ccccc3-c3ccccc32)cc1O. The van der Waals surface area contributed by atoms with E-state index in [1.165, 1.54) is 26.0 Å². The number of phenols is 1. The molecule has 6 nitrogen and oxygen atoms in total. The van der Waals surface area contributed by atoms with E-state index in [1.54, 1.807) is 6.07 Å². The summed E-state index contributed by atoms with van der Waals surface area (Å²) >= 11 is 0. The highest BCUT2D eigenvalue weighted by molar-refractivity contribution is 7.69. The monoisotopic (exact) mass is 525 g/mol. The number of aromatic hydroxyl groups is 1. The van der Waals surface area contributed by atoms with Gasteiger partial charge in [0, 0.05) is 19.4 Å². The molecular weight excluding hydrogens is 497 g/mol. The second-order valence-electron chi connectivity index (χ2n) is 9.67. The molecule has 1 aliphatic rings. The topological polar surface area (TPSA) is 83.9 Å². The maximum Gasteiger partial charge on any atom is 0.292 e. The van der Waals surface area contributed by atoms with Gasteiger partial charge in [-0.1, -0.05) is 72.3 Å². The van der Waals surface area contributed by atoms with Crippen molar-refractivity contribution in [2.24, 2.45) is 0 Å². The number of anilines is 1. The van der Waals surface area contributed by atoms with Crippen LogP contribution < -0.4 is 14.7 Å². The second kappa shape index (κ2) is 9.30. The summed E-state index contributed by atoms with van der Waals surface area (Å²) in [5, 5.41) is 10.4. The molecule has 2 amide bonds. The molecule has 1 aliphatic heterocycles. The van der Waals surface area contributed by atoms with Gasteiger partial charge in [0.1, 0.15) is 16.7 Å². The molecule has 1 N–H and O–H groups in total. The number of para-hydroxylation sites is 1. The number of carbonyl (C=O) groups is 2. The van der Waals surface area contributed by atoms with E-state index in [-0.39, 0.29) is 11.4 Å². The maximum atomic E-state index is 15.5. The molecule has 0 spiro atoms. The zero-order valence-corrected chi connectivity index (χ0v) is 22.5. The summed E-state index contributed by atoms with van der Waals surface area (Å²) < 4.78 is 21.9. The molecule has 0 fully saturated rings. The van der Waals surface area contributed by atoms with Gasteiger partial charge in [-0.15, -0.1) is 0 Å². The number of hydrogen-bond acceptors (Lipinski definition) is 5. The Bertz CT molecular complexity index is 1610. The third-order valence-electron chi connectivity index (χ3n) is 7.24. The number of carbonyl (C=O) groups excluding carboxylic acids is 2. The minimum atomic E-state index is -3.77.